The zero-order valence-electron chi connectivity index (χ0n) is 13.6. The fourth-order valence-electron chi connectivity index (χ4n) is 3.84. The summed E-state index contributed by atoms with van der Waals surface area (Å²) in [6, 6.07) is 10.7. The normalized spacial score (nSPS) is 18.2. The lowest BCUT2D eigenvalue weighted by atomic mass is 9.63. The molecule has 1 aromatic carbocycles. The Labute approximate surface area is 141 Å². The standard InChI is InChI=1S/C18H21N3O3/c1-12(22)15(17(24)21-13-7-3-2-4-8-13)18(9-5-6-10-18)14(11-19)16(20)23/h2-4,7-8,14-15H,5-6,9-10H2,1H3,(H2,20,23)(H,21,24)/t14-,15?/m0/s1. The van der Waals surface area contributed by atoms with E-state index in [1.807, 2.05) is 12.1 Å². The number of ketones is 1. The maximum atomic E-state index is 12.8. The van der Waals surface area contributed by atoms with E-state index in [-0.39, 0.29) is 5.78 Å². The molecule has 0 saturated heterocycles. The van der Waals surface area contributed by atoms with Crippen LogP contribution in [0.5, 0.6) is 0 Å². The fraction of sp³-hybridized carbons (Fsp3) is 0.444. The van der Waals surface area contributed by atoms with Crippen LogP contribution >= 0.6 is 0 Å². The lowest BCUT2D eigenvalue weighted by Crippen LogP contribution is -2.49. The Bertz CT molecular complexity index is 672. The Balaban J connectivity index is 2.39. The van der Waals surface area contributed by atoms with E-state index in [0.717, 1.165) is 12.8 Å². The Morgan fingerprint density at radius 1 is 1.21 bits per heavy atom. The summed E-state index contributed by atoms with van der Waals surface area (Å²) in [4.78, 5) is 36.9. The number of nitriles is 1. The number of rotatable bonds is 6. The smallest absolute Gasteiger partial charge is 0.235 e. The molecule has 0 bridgehead atoms. The van der Waals surface area contributed by atoms with Gasteiger partial charge >= 0.3 is 0 Å². The first kappa shape index (κ1) is 17.7. The van der Waals surface area contributed by atoms with Gasteiger partial charge in [-0.3, -0.25) is 14.4 Å². The lowest BCUT2D eigenvalue weighted by molar-refractivity contribution is -0.139. The van der Waals surface area contributed by atoms with E-state index in [4.69, 9.17) is 5.73 Å². The van der Waals surface area contributed by atoms with Gasteiger partial charge < -0.3 is 11.1 Å². The highest BCUT2D eigenvalue weighted by Gasteiger charge is 2.54. The summed E-state index contributed by atoms with van der Waals surface area (Å²) in [7, 11) is 0. The van der Waals surface area contributed by atoms with Crippen molar-refractivity contribution in [1.29, 1.82) is 5.26 Å². The predicted molar refractivity (Wildman–Crippen MR) is 88.4 cm³/mol. The third kappa shape index (κ3) is 3.30. The Hall–Kier alpha value is -2.68. The van der Waals surface area contributed by atoms with Crippen molar-refractivity contribution >= 4 is 23.3 Å². The fourth-order valence-corrected chi connectivity index (χ4v) is 3.84. The molecule has 0 aliphatic heterocycles. The summed E-state index contributed by atoms with van der Waals surface area (Å²) in [5.74, 6) is -3.85. The summed E-state index contributed by atoms with van der Waals surface area (Å²) in [5, 5.41) is 12.2. The van der Waals surface area contributed by atoms with Crippen molar-refractivity contribution in [2.24, 2.45) is 23.0 Å². The Morgan fingerprint density at radius 3 is 2.25 bits per heavy atom. The molecule has 126 valence electrons. The number of para-hydroxylation sites is 1. The van der Waals surface area contributed by atoms with Gasteiger partial charge in [0.2, 0.25) is 11.8 Å². The maximum absolute atomic E-state index is 12.8. The van der Waals surface area contributed by atoms with Crippen LogP contribution < -0.4 is 11.1 Å². The molecule has 0 spiro atoms. The van der Waals surface area contributed by atoms with E-state index < -0.39 is 29.1 Å². The number of nitrogens with one attached hydrogen (secondary N) is 1. The van der Waals surface area contributed by atoms with E-state index in [1.165, 1.54) is 6.92 Å². The monoisotopic (exact) mass is 327 g/mol. The quantitative estimate of drug-likeness (QED) is 0.778. The lowest BCUT2D eigenvalue weighted by Gasteiger charge is -2.37. The number of benzene rings is 1. The number of nitrogens with zero attached hydrogens (tertiary/aromatic N) is 1. The van der Waals surface area contributed by atoms with Crippen molar-refractivity contribution < 1.29 is 14.4 Å². The predicted octanol–water partition coefficient (Wildman–Crippen LogP) is 2.02. The molecule has 0 aromatic heterocycles. The average molecular weight is 327 g/mol. The molecule has 0 heterocycles. The first-order chi connectivity index (χ1) is 11.4. The molecule has 1 aromatic rings. The van der Waals surface area contributed by atoms with Gasteiger partial charge in [-0.1, -0.05) is 31.0 Å². The zero-order chi connectivity index (χ0) is 17.7. The molecule has 1 aliphatic rings. The second kappa shape index (κ2) is 7.26. The molecule has 2 rings (SSSR count). The van der Waals surface area contributed by atoms with Gasteiger partial charge in [0.15, 0.2) is 0 Å². The minimum absolute atomic E-state index is 0.355. The van der Waals surface area contributed by atoms with Crippen LogP contribution in [0, 0.1) is 28.6 Å². The molecule has 1 saturated carbocycles. The van der Waals surface area contributed by atoms with Crippen molar-refractivity contribution in [3.63, 3.8) is 0 Å². The summed E-state index contributed by atoms with van der Waals surface area (Å²) < 4.78 is 0. The molecule has 3 N–H and O–H groups in total. The second-order valence-corrected chi connectivity index (χ2v) is 6.30. The van der Waals surface area contributed by atoms with E-state index >= 15 is 0 Å². The van der Waals surface area contributed by atoms with Crippen molar-refractivity contribution in [1.82, 2.24) is 0 Å². The molecular weight excluding hydrogens is 306 g/mol. The first-order valence-corrected chi connectivity index (χ1v) is 7.97. The molecule has 24 heavy (non-hydrogen) atoms. The third-order valence-corrected chi connectivity index (χ3v) is 4.81. The van der Waals surface area contributed by atoms with Gasteiger partial charge in [-0.2, -0.15) is 5.26 Å². The topological polar surface area (TPSA) is 113 Å². The summed E-state index contributed by atoms with van der Waals surface area (Å²) in [5.41, 5.74) is 4.94. The number of anilines is 1. The number of hydrogen-bond acceptors (Lipinski definition) is 4. The van der Waals surface area contributed by atoms with Crippen molar-refractivity contribution in [3.8, 4) is 6.07 Å². The van der Waals surface area contributed by atoms with E-state index in [2.05, 4.69) is 5.32 Å². The first-order valence-electron chi connectivity index (χ1n) is 7.97. The number of Topliss-reactive ketones (excluding diaryl/α,β-unsaturated/α-hetero) is 1. The Kier molecular flexibility index (Phi) is 5.35. The van der Waals surface area contributed by atoms with Gasteiger partial charge in [-0.05, 0) is 31.9 Å². The second-order valence-electron chi connectivity index (χ2n) is 6.30. The number of primary amides is 1. The number of nitrogens with two attached hydrogens (primary N) is 1. The van der Waals surface area contributed by atoms with Crippen molar-refractivity contribution in [3.05, 3.63) is 30.3 Å². The van der Waals surface area contributed by atoms with Gasteiger partial charge in [0.25, 0.3) is 0 Å². The van der Waals surface area contributed by atoms with Crippen molar-refractivity contribution in [2.75, 3.05) is 5.32 Å². The number of carbonyl (C=O) groups is 3. The molecule has 2 atom stereocenters. The van der Waals surface area contributed by atoms with Gasteiger partial charge in [-0.25, -0.2) is 0 Å². The van der Waals surface area contributed by atoms with Crippen LogP contribution in [0.15, 0.2) is 30.3 Å². The molecule has 0 radical (unpaired) electrons. The van der Waals surface area contributed by atoms with E-state index in [0.29, 0.717) is 18.5 Å². The van der Waals surface area contributed by atoms with Crippen LogP contribution in [0.2, 0.25) is 0 Å². The summed E-state index contributed by atoms with van der Waals surface area (Å²) in [6.07, 6.45) is 2.43. The molecule has 1 unspecified atom stereocenters. The van der Waals surface area contributed by atoms with Gasteiger partial charge in [-0.15, -0.1) is 0 Å². The van der Waals surface area contributed by atoms with E-state index in [9.17, 15) is 19.6 Å². The Morgan fingerprint density at radius 2 is 1.79 bits per heavy atom. The van der Waals surface area contributed by atoms with Crippen LogP contribution in [0.1, 0.15) is 32.6 Å². The molecule has 6 nitrogen and oxygen atoms in total. The minimum atomic E-state index is -1.16. The van der Waals surface area contributed by atoms with Crippen LogP contribution in [0.4, 0.5) is 5.69 Å². The highest BCUT2D eigenvalue weighted by molar-refractivity contribution is 6.07. The molecule has 1 aliphatic carbocycles. The van der Waals surface area contributed by atoms with Crippen LogP contribution in [-0.4, -0.2) is 17.6 Å². The van der Waals surface area contributed by atoms with E-state index in [1.54, 1.807) is 24.3 Å². The van der Waals surface area contributed by atoms with Crippen LogP contribution in [0.25, 0.3) is 0 Å². The third-order valence-electron chi connectivity index (χ3n) is 4.81. The van der Waals surface area contributed by atoms with Gasteiger partial charge in [0, 0.05) is 11.1 Å². The van der Waals surface area contributed by atoms with Crippen LogP contribution in [0.3, 0.4) is 0 Å². The van der Waals surface area contributed by atoms with Crippen LogP contribution in [-0.2, 0) is 14.4 Å². The average Bonchev–Trinajstić information content (AvgIpc) is 2.98. The molecular formula is C18H21N3O3. The molecule has 6 heteroatoms. The molecule has 2 amide bonds. The SMILES string of the molecule is CC(=O)C(C(=O)Nc1ccccc1)C1([C@@H](C#N)C(N)=O)CCCC1. The highest BCUT2D eigenvalue weighted by Crippen LogP contribution is 2.50. The largest absolute Gasteiger partial charge is 0.369 e. The number of carbonyl (C=O) groups excluding carboxylic acids is 3. The van der Waals surface area contributed by atoms with Crippen molar-refractivity contribution in [2.45, 2.75) is 32.6 Å². The van der Waals surface area contributed by atoms with Gasteiger partial charge in [0.1, 0.15) is 17.6 Å². The zero-order valence-corrected chi connectivity index (χ0v) is 13.6. The minimum Gasteiger partial charge on any atom is -0.369 e. The maximum Gasteiger partial charge on any atom is 0.235 e. The summed E-state index contributed by atoms with van der Waals surface area (Å²) >= 11 is 0. The van der Waals surface area contributed by atoms with Gasteiger partial charge in [0.05, 0.1) is 6.07 Å². The molecule has 1 fully saturated rings. The number of hydrogen-bond donors (Lipinski definition) is 2. The number of amides is 2. The summed E-state index contributed by atoms with van der Waals surface area (Å²) in [6.45, 7) is 1.32. The highest BCUT2D eigenvalue weighted by atomic mass is 16.2.